The Balaban J connectivity index is 1.33. The van der Waals surface area contributed by atoms with Crippen LogP contribution in [0.25, 0.3) is 22.2 Å². The third-order valence-corrected chi connectivity index (χ3v) is 7.43. The number of fused-ring (bicyclic) bond motifs is 1. The normalized spacial score (nSPS) is 17.4. The predicted octanol–water partition coefficient (Wildman–Crippen LogP) is 4.96. The van der Waals surface area contributed by atoms with Gasteiger partial charge < -0.3 is 20.1 Å². The Morgan fingerprint density at radius 3 is 2.76 bits per heavy atom. The van der Waals surface area contributed by atoms with Gasteiger partial charge in [0.2, 0.25) is 5.91 Å². The topological polar surface area (TPSA) is 129 Å². The zero-order valence-corrected chi connectivity index (χ0v) is 23.6. The van der Waals surface area contributed by atoms with Gasteiger partial charge >= 0.3 is 0 Å². The largest absolute Gasteiger partial charge is 0.364 e. The first-order chi connectivity index (χ1) is 19.5. The zero-order chi connectivity index (χ0) is 29.3. The van der Waals surface area contributed by atoms with Gasteiger partial charge in [-0.3, -0.25) is 14.7 Å². The number of carbonyl (C=O) groups excluding carboxylic acids is 2. The van der Waals surface area contributed by atoms with E-state index in [1.165, 1.54) is 12.1 Å². The quantitative estimate of drug-likeness (QED) is 0.273. The SMILES string of the molecule is C=CC(=O)N1C[C@H](Nc2n[nH]c3nccc(-c4ccc(CNC(=O)c5cc(C(C)(C)C)on5)c(F)c4)c23)CC[C@@H]1C. The summed E-state index contributed by atoms with van der Waals surface area (Å²) in [7, 11) is 0. The minimum absolute atomic E-state index is 0.00698. The minimum atomic E-state index is -0.457. The van der Waals surface area contributed by atoms with Crippen molar-refractivity contribution in [2.24, 2.45) is 0 Å². The number of aromatic nitrogens is 4. The molecule has 4 heterocycles. The van der Waals surface area contributed by atoms with Crippen molar-refractivity contribution in [3.63, 3.8) is 0 Å². The summed E-state index contributed by atoms with van der Waals surface area (Å²) in [5.74, 6) is 0.188. The molecule has 3 N–H and O–H groups in total. The van der Waals surface area contributed by atoms with Crippen molar-refractivity contribution in [2.75, 3.05) is 11.9 Å². The molecule has 5 rings (SSSR count). The van der Waals surface area contributed by atoms with Crippen LogP contribution in [0, 0.1) is 5.82 Å². The van der Waals surface area contributed by atoms with Crippen molar-refractivity contribution in [3.8, 4) is 11.1 Å². The number of hydrogen-bond donors (Lipinski definition) is 3. The predicted molar refractivity (Wildman–Crippen MR) is 154 cm³/mol. The highest BCUT2D eigenvalue weighted by Crippen LogP contribution is 2.33. The Bertz CT molecular complexity index is 1600. The van der Waals surface area contributed by atoms with Gasteiger partial charge in [-0.05, 0) is 49.1 Å². The number of H-pyrrole nitrogens is 1. The van der Waals surface area contributed by atoms with E-state index < -0.39 is 11.7 Å². The average Bonchev–Trinajstić information content (AvgIpc) is 3.61. The highest BCUT2D eigenvalue weighted by molar-refractivity contribution is 6.00. The van der Waals surface area contributed by atoms with Crippen LogP contribution in [0.2, 0.25) is 0 Å². The Hall–Kier alpha value is -4.54. The van der Waals surface area contributed by atoms with Crippen LogP contribution >= 0.6 is 0 Å². The molecule has 1 aliphatic heterocycles. The summed E-state index contributed by atoms with van der Waals surface area (Å²) in [6.07, 6.45) is 4.70. The molecule has 1 aromatic carbocycles. The van der Waals surface area contributed by atoms with Crippen LogP contribution in [0.15, 0.2) is 53.7 Å². The summed E-state index contributed by atoms with van der Waals surface area (Å²) in [4.78, 5) is 31.1. The maximum Gasteiger partial charge on any atom is 0.273 e. The van der Waals surface area contributed by atoms with Crippen molar-refractivity contribution in [1.82, 2.24) is 30.6 Å². The fourth-order valence-corrected chi connectivity index (χ4v) is 5.00. The number of aromatic amines is 1. The number of rotatable bonds is 7. The molecule has 2 atom stereocenters. The lowest BCUT2D eigenvalue weighted by molar-refractivity contribution is -0.129. The van der Waals surface area contributed by atoms with E-state index in [2.05, 4.69) is 37.6 Å². The number of nitrogens with zero attached hydrogens (tertiary/aromatic N) is 4. The van der Waals surface area contributed by atoms with E-state index in [0.717, 1.165) is 23.8 Å². The van der Waals surface area contributed by atoms with Crippen molar-refractivity contribution in [1.29, 1.82) is 0 Å². The Kier molecular flexibility index (Phi) is 7.61. The van der Waals surface area contributed by atoms with E-state index >= 15 is 4.39 Å². The number of benzene rings is 1. The Labute approximate surface area is 237 Å². The number of carbonyl (C=O) groups is 2. The van der Waals surface area contributed by atoms with Gasteiger partial charge in [0.25, 0.3) is 5.91 Å². The lowest BCUT2D eigenvalue weighted by Crippen LogP contribution is -2.49. The van der Waals surface area contributed by atoms with Gasteiger partial charge in [0.1, 0.15) is 11.6 Å². The van der Waals surface area contributed by atoms with Crippen molar-refractivity contribution < 1.29 is 18.5 Å². The fraction of sp³-hybridized carbons (Fsp3) is 0.367. The second-order valence-corrected chi connectivity index (χ2v) is 11.4. The number of anilines is 1. The van der Waals surface area contributed by atoms with Crippen LogP contribution in [0.1, 0.15) is 62.3 Å². The number of piperidine rings is 1. The summed E-state index contributed by atoms with van der Waals surface area (Å²) in [5, 5.41) is 18.1. The van der Waals surface area contributed by atoms with Gasteiger partial charge in [-0.15, -0.1) is 0 Å². The van der Waals surface area contributed by atoms with E-state index in [9.17, 15) is 9.59 Å². The molecular formula is C30H34FN7O3. The smallest absolute Gasteiger partial charge is 0.273 e. The van der Waals surface area contributed by atoms with E-state index in [-0.39, 0.29) is 35.6 Å². The molecule has 11 heteroatoms. The van der Waals surface area contributed by atoms with Gasteiger partial charge in [0, 0.05) is 48.4 Å². The molecule has 0 unspecified atom stereocenters. The molecule has 2 amide bonds. The molecule has 3 aromatic heterocycles. The first-order valence-corrected chi connectivity index (χ1v) is 13.6. The first kappa shape index (κ1) is 28.0. The third-order valence-electron chi connectivity index (χ3n) is 7.43. The lowest BCUT2D eigenvalue weighted by atomic mass is 9.93. The molecule has 10 nitrogen and oxygen atoms in total. The van der Waals surface area contributed by atoms with Crippen LogP contribution in [0.4, 0.5) is 10.2 Å². The van der Waals surface area contributed by atoms with E-state index in [1.54, 1.807) is 29.3 Å². The molecule has 0 aliphatic carbocycles. The molecule has 0 bridgehead atoms. The summed E-state index contributed by atoms with van der Waals surface area (Å²) in [6.45, 7) is 12.0. The molecule has 41 heavy (non-hydrogen) atoms. The summed E-state index contributed by atoms with van der Waals surface area (Å²) >= 11 is 0. The minimum Gasteiger partial charge on any atom is -0.364 e. The number of hydrogen-bond acceptors (Lipinski definition) is 7. The van der Waals surface area contributed by atoms with E-state index in [1.807, 2.05) is 33.8 Å². The van der Waals surface area contributed by atoms with Crippen LogP contribution < -0.4 is 10.6 Å². The summed E-state index contributed by atoms with van der Waals surface area (Å²) in [6, 6.07) is 8.42. The first-order valence-electron chi connectivity index (χ1n) is 13.6. The molecule has 0 radical (unpaired) electrons. The number of halogens is 1. The van der Waals surface area contributed by atoms with Crippen molar-refractivity contribution in [2.45, 2.75) is 64.6 Å². The number of nitrogens with one attached hydrogen (secondary N) is 3. The second kappa shape index (κ2) is 11.1. The molecule has 1 saturated heterocycles. The van der Waals surface area contributed by atoms with Gasteiger partial charge in [-0.25, -0.2) is 9.37 Å². The summed E-state index contributed by atoms with van der Waals surface area (Å²) < 4.78 is 20.5. The lowest BCUT2D eigenvalue weighted by Gasteiger charge is -2.37. The van der Waals surface area contributed by atoms with Crippen LogP contribution in [-0.2, 0) is 16.8 Å². The molecule has 1 fully saturated rings. The van der Waals surface area contributed by atoms with E-state index in [4.69, 9.17) is 4.52 Å². The number of likely N-dealkylation sites (tertiary alicyclic amines) is 1. The van der Waals surface area contributed by atoms with Crippen molar-refractivity contribution >= 4 is 28.7 Å². The van der Waals surface area contributed by atoms with Crippen molar-refractivity contribution in [3.05, 3.63) is 72.0 Å². The van der Waals surface area contributed by atoms with Gasteiger partial charge in [-0.2, -0.15) is 5.10 Å². The molecule has 0 saturated carbocycles. The number of pyridine rings is 1. The van der Waals surface area contributed by atoms with Gasteiger partial charge in [-0.1, -0.05) is 44.6 Å². The zero-order valence-electron chi connectivity index (χ0n) is 23.6. The molecule has 4 aromatic rings. The van der Waals surface area contributed by atoms with Crippen LogP contribution in [0.3, 0.4) is 0 Å². The molecule has 214 valence electrons. The Morgan fingerprint density at radius 1 is 1.24 bits per heavy atom. The highest BCUT2D eigenvalue weighted by atomic mass is 19.1. The Morgan fingerprint density at radius 2 is 2.05 bits per heavy atom. The average molecular weight is 560 g/mol. The van der Waals surface area contributed by atoms with Crippen LogP contribution in [-0.4, -0.2) is 55.7 Å². The standard InChI is InChI=1S/C30H34FN7O3/c1-6-25(39)38-16-20(10-7-17(38)2)34-28-26-21(11-12-32-27(26)35-36-28)18-8-9-19(22(31)13-18)15-33-29(40)23-14-24(41-37-23)30(3,4)5/h6,8-9,11-14,17,20H,1,7,10,15-16H2,2-5H3,(H,33,40)(H2,32,34,35,36)/t17-,20+/m0/s1. The molecular weight excluding hydrogens is 525 g/mol. The molecule has 1 aliphatic rings. The molecule has 0 spiro atoms. The fourth-order valence-electron chi connectivity index (χ4n) is 5.00. The highest BCUT2D eigenvalue weighted by Gasteiger charge is 2.29. The van der Waals surface area contributed by atoms with Gasteiger partial charge in [0.15, 0.2) is 17.2 Å². The maximum atomic E-state index is 15.3. The summed E-state index contributed by atoms with van der Waals surface area (Å²) in [5.41, 5.74) is 2.15. The third kappa shape index (κ3) is 5.84. The number of amides is 2. The maximum absolute atomic E-state index is 15.3. The monoisotopic (exact) mass is 559 g/mol. The van der Waals surface area contributed by atoms with E-state index in [0.29, 0.717) is 34.9 Å². The second-order valence-electron chi connectivity index (χ2n) is 11.4. The van der Waals surface area contributed by atoms with Crippen LogP contribution in [0.5, 0.6) is 0 Å². The van der Waals surface area contributed by atoms with Gasteiger partial charge in [0.05, 0.1) is 5.39 Å².